The van der Waals surface area contributed by atoms with Crippen LogP contribution < -0.4 is 10.6 Å². The molecular formula is C13H20ClN3O2. The predicted octanol–water partition coefficient (Wildman–Crippen LogP) is 1.70. The van der Waals surface area contributed by atoms with E-state index >= 15 is 0 Å². The van der Waals surface area contributed by atoms with E-state index in [0.717, 1.165) is 38.1 Å². The fourth-order valence-corrected chi connectivity index (χ4v) is 2.38. The summed E-state index contributed by atoms with van der Waals surface area (Å²) < 4.78 is 5.20. The Bertz CT molecular complexity index is 445. The van der Waals surface area contributed by atoms with Gasteiger partial charge >= 0.3 is 0 Å². The van der Waals surface area contributed by atoms with Gasteiger partial charge in [-0.25, -0.2) is 0 Å². The highest BCUT2D eigenvalue weighted by atomic mass is 35.5. The molecule has 1 aromatic heterocycles. The number of carbonyl (C=O) groups is 1. The van der Waals surface area contributed by atoms with Crippen molar-refractivity contribution in [3.8, 4) is 0 Å². The number of amides is 1. The number of hydrogen-bond donors (Lipinski definition) is 2. The summed E-state index contributed by atoms with van der Waals surface area (Å²) in [5, 5.41) is 10.2. The number of carbonyl (C=O) groups excluding carboxylic acids is 1. The van der Waals surface area contributed by atoms with Gasteiger partial charge in [-0.3, -0.25) is 4.79 Å². The molecule has 106 valence electrons. The van der Waals surface area contributed by atoms with Gasteiger partial charge in [-0.1, -0.05) is 12.1 Å². The van der Waals surface area contributed by atoms with Crippen LogP contribution in [0, 0.1) is 5.92 Å². The van der Waals surface area contributed by atoms with E-state index in [4.69, 9.17) is 4.52 Å². The Morgan fingerprint density at radius 3 is 2.95 bits per heavy atom. The Labute approximate surface area is 118 Å². The predicted molar refractivity (Wildman–Crippen MR) is 73.6 cm³/mol. The average molecular weight is 286 g/mol. The minimum absolute atomic E-state index is 0. The van der Waals surface area contributed by atoms with Gasteiger partial charge in [0.05, 0.1) is 0 Å². The van der Waals surface area contributed by atoms with Crippen molar-refractivity contribution >= 4 is 18.3 Å². The molecule has 2 unspecified atom stereocenters. The molecule has 6 heteroatoms. The highest BCUT2D eigenvalue weighted by Crippen LogP contribution is 2.40. The molecule has 1 saturated carbocycles. The van der Waals surface area contributed by atoms with E-state index in [2.05, 4.69) is 22.7 Å². The standard InChI is InChI=1S/C13H19N3O2.ClH/c1-8-4-5-14-7-11(8)15-13(17)10-6-12(18-16-10)9-2-3-9;/h6,8-9,11,14H,2-5,7H2,1H3,(H,15,17);1H. The van der Waals surface area contributed by atoms with Crippen LogP contribution in [0.3, 0.4) is 0 Å². The maximum atomic E-state index is 12.1. The zero-order chi connectivity index (χ0) is 12.5. The van der Waals surface area contributed by atoms with Gasteiger partial charge in [-0.2, -0.15) is 0 Å². The molecule has 1 aliphatic carbocycles. The molecule has 1 aromatic rings. The van der Waals surface area contributed by atoms with Crippen LogP contribution in [0.1, 0.15) is 48.4 Å². The Balaban J connectivity index is 0.00000133. The molecule has 2 heterocycles. The van der Waals surface area contributed by atoms with Gasteiger partial charge < -0.3 is 15.2 Å². The van der Waals surface area contributed by atoms with E-state index < -0.39 is 0 Å². The summed E-state index contributed by atoms with van der Waals surface area (Å²) in [5.41, 5.74) is 0.412. The Morgan fingerprint density at radius 2 is 2.26 bits per heavy atom. The van der Waals surface area contributed by atoms with Crippen LogP contribution in [0.5, 0.6) is 0 Å². The maximum absolute atomic E-state index is 12.1. The van der Waals surface area contributed by atoms with E-state index in [9.17, 15) is 4.79 Å². The molecule has 1 saturated heterocycles. The monoisotopic (exact) mass is 285 g/mol. The molecule has 0 spiro atoms. The first-order valence-corrected chi connectivity index (χ1v) is 6.72. The van der Waals surface area contributed by atoms with E-state index in [1.54, 1.807) is 6.07 Å². The van der Waals surface area contributed by atoms with Gasteiger partial charge in [0.25, 0.3) is 5.91 Å². The van der Waals surface area contributed by atoms with Gasteiger partial charge in [0.15, 0.2) is 5.69 Å². The normalized spacial score (nSPS) is 26.6. The molecule has 3 rings (SSSR count). The second-order valence-electron chi connectivity index (χ2n) is 5.44. The summed E-state index contributed by atoms with van der Waals surface area (Å²) in [7, 11) is 0. The van der Waals surface area contributed by atoms with Crippen molar-refractivity contribution in [1.29, 1.82) is 0 Å². The van der Waals surface area contributed by atoms with Crippen LogP contribution in [0.25, 0.3) is 0 Å². The summed E-state index contributed by atoms with van der Waals surface area (Å²) in [6.07, 6.45) is 3.40. The third-order valence-electron chi connectivity index (χ3n) is 3.88. The van der Waals surface area contributed by atoms with E-state index in [1.165, 1.54) is 0 Å². The summed E-state index contributed by atoms with van der Waals surface area (Å²) in [5.74, 6) is 1.74. The van der Waals surface area contributed by atoms with Gasteiger partial charge in [0.1, 0.15) is 5.76 Å². The Morgan fingerprint density at radius 1 is 1.47 bits per heavy atom. The molecule has 0 bridgehead atoms. The highest BCUT2D eigenvalue weighted by molar-refractivity contribution is 5.92. The molecule has 2 fully saturated rings. The first-order chi connectivity index (χ1) is 8.74. The van der Waals surface area contributed by atoms with Crippen LogP contribution in [-0.2, 0) is 0 Å². The SMILES string of the molecule is CC1CCNCC1NC(=O)c1cc(C2CC2)on1.Cl. The number of piperidine rings is 1. The minimum atomic E-state index is -0.119. The third kappa shape index (κ3) is 3.28. The van der Waals surface area contributed by atoms with Crippen molar-refractivity contribution in [3.05, 3.63) is 17.5 Å². The van der Waals surface area contributed by atoms with Crippen LogP contribution in [0.4, 0.5) is 0 Å². The molecule has 1 aliphatic heterocycles. The first-order valence-electron chi connectivity index (χ1n) is 6.72. The van der Waals surface area contributed by atoms with Gasteiger partial charge in [0, 0.05) is 24.6 Å². The lowest BCUT2D eigenvalue weighted by molar-refractivity contribution is 0.0906. The molecule has 1 amide bonds. The fourth-order valence-electron chi connectivity index (χ4n) is 2.38. The highest BCUT2D eigenvalue weighted by Gasteiger charge is 2.30. The molecular weight excluding hydrogens is 266 g/mol. The van der Waals surface area contributed by atoms with E-state index in [1.807, 2.05) is 0 Å². The lowest BCUT2D eigenvalue weighted by atomic mass is 9.95. The molecule has 2 atom stereocenters. The minimum Gasteiger partial charge on any atom is -0.360 e. The van der Waals surface area contributed by atoms with Crippen LogP contribution in [0.2, 0.25) is 0 Å². The van der Waals surface area contributed by atoms with E-state index in [-0.39, 0.29) is 24.4 Å². The zero-order valence-electron chi connectivity index (χ0n) is 11.0. The summed E-state index contributed by atoms with van der Waals surface area (Å²) in [4.78, 5) is 12.1. The first kappa shape index (κ1) is 14.3. The van der Waals surface area contributed by atoms with E-state index in [0.29, 0.717) is 17.5 Å². The molecule has 19 heavy (non-hydrogen) atoms. The quantitative estimate of drug-likeness (QED) is 0.887. The van der Waals surface area contributed by atoms with Crippen LogP contribution in [-0.4, -0.2) is 30.2 Å². The number of rotatable bonds is 3. The van der Waals surface area contributed by atoms with Crippen molar-refractivity contribution in [2.75, 3.05) is 13.1 Å². The Kier molecular flexibility index (Phi) is 4.47. The second kappa shape index (κ2) is 5.92. The molecule has 2 N–H and O–H groups in total. The zero-order valence-corrected chi connectivity index (χ0v) is 11.8. The van der Waals surface area contributed by atoms with Crippen molar-refractivity contribution in [2.24, 2.45) is 5.92 Å². The van der Waals surface area contributed by atoms with Crippen LogP contribution >= 0.6 is 12.4 Å². The lowest BCUT2D eigenvalue weighted by Gasteiger charge is -2.29. The largest absolute Gasteiger partial charge is 0.360 e. The fraction of sp³-hybridized carbons (Fsp3) is 0.692. The maximum Gasteiger partial charge on any atom is 0.273 e. The lowest BCUT2D eigenvalue weighted by Crippen LogP contribution is -2.50. The third-order valence-corrected chi connectivity index (χ3v) is 3.88. The molecule has 0 aromatic carbocycles. The van der Waals surface area contributed by atoms with Gasteiger partial charge in [-0.05, 0) is 31.7 Å². The number of aromatic nitrogens is 1. The number of nitrogens with one attached hydrogen (secondary N) is 2. The van der Waals surface area contributed by atoms with Crippen molar-refractivity contribution < 1.29 is 9.32 Å². The van der Waals surface area contributed by atoms with Crippen LogP contribution in [0.15, 0.2) is 10.6 Å². The second-order valence-corrected chi connectivity index (χ2v) is 5.44. The number of halogens is 1. The van der Waals surface area contributed by atoms with Crippen molar-refractivity contribution in [3.63, 3.8) is 0 Å². The van der Waals surface area contributed by atoms with Gasteiger partial charge in [-0.15, -0.1) is 12.4 Å². The Hall–Kier alpha value is -1.07. The average Bonchev–Trinajstić information content (AvgIpc) is 3.10. The molecule has 5 nitrogen and oxygen atoms in total. The summed E-state index contributed by atoms with van der Waals surface area (Å²) >= 11 is 0. The molecule has 0 radical (unpaired) electrons. The topological polar surface area (TPSA) is 67.2 Å². The van der Waals surface area contributed by atoms with Crippen molar-refractivity contribution in [1.82, 2.24) is 15.8 Å². The van der Waals surface area contributed by atoms with Crippen molar-refractivity contribution in [2.45, 2.75) is 38.1 Å². The molecule has 2 aliphatic rings. The van der Waals surface area contributed by atoms with Gasteiger partial charge in [0.2, 0.25) is 0 Å². The summed E-state index contributed by atoms with van der Waals surface area (Å²) in [6, 6.07) is 1.97. The summed E-state index contributed by atoms with van der Waals surface area (Å²) in [6.45, 7) is 4.04. The number of hydrogen-bond acceptors (Lipinski definition) is 4. The number of nitrogens with zero attached hydrogens (tertiary/aromatic N) is 1. The smallest absolute Gasteiger partial charge is 0.273 e.